The summed E-state index contributed by atoms with van der Waals surface area (Å²) in [4.78, 5) is 42.3. The lowest BCUT2D eigenvalue weighted by molar-refractivity contribution is -0.139. The third kappa shape index (κ3) is 5.97. The van der Waals surface area contributed by atoms with Crippen molar-refractivity contribution in [2.45, 2.75) is 51.7 Å². The number of rotatable bonds is 10. The van der Waals surface area contributed by atoms with Gasteiger partial charge < -0.3 is 26.0 Å². The number of nitrogens with two attached hydrogens (primary N) is 1. The van der Waals surface area contributed by atoms with E-state index in [2.05, 4.69) is 24.5 Å². The van der Waals surface area contributed by atoms with Gasteiger partial charge in [-0.25, -0.2) is 0 Å². The Morgan fingerprint density at radius 2 is 1.83 bits per heavy atom. The lowest BCUT2D eigenvalue weighted by Crippen LogP contribution is -2.51. The largest absolute Gasteiger partial charge is 0.457 e. The number of ether oxygens (including phenoxy) is 1. The molecule has 9 nitrogen and oxygen atoms in total. The van der Waals surface area contributed by atoms with Crippen LogP contribution >= 0.6 is 11.3 Å². The quantitative estimate of drug-likeness (QED) is 0.212. The lowest BCUT2D eigenvalue weighted by Gasteiger charge is -2.29. The summed E-state index contributed by atoms with van der Waals surface area (Å²) in [5.41, 5.74) is 6.75. The van der Waals surface area contributed by atoms with E-state index in [-0.39, 0.29) is 53.5 Å². The molecule has 3 aromatic rings. The number of likely N-dealkylation sites (tertiary alicyclic amines) is 1. The molecule has 0 radical (unpaired) electrons. The van der Waals surface area contributed by atoms with Crippen LogP contribution in [0.25, 0.3) is 0 Å². The summed E-state index contributed by atoms with van der Waals surface area (Å²) in [5, 5.41) is 15.2. The molecule has 1 aromatic heterocycles. The van der Waals surface area contributed by atoms with Gasteiger partial charge in [-0.05, 0) is 78.1 Å². The standard InChI is InChI=1S/C31H35N5O4S/c1-18-28-31(18,3)15-24(30(39)35-19(2)25-13-20(17-41-25)14-26(32)33)36(28)27(37)16-34-29(38)21-9-11-23(12-10-21)40-22-7-5-4-6-8-22/h4-13,17-19,24,28H,14-16H2,1-3H3,(H3,32,33)(H,34,38)(H,35,39)/t18-,19-,24+,28?,31-/m1/s1. The number of nitrogens with one attached hydrogen (secondary N) is 3. The number of hydrogen-bond acceptors (Lipinski definition) is 6. The van der Waals surface area contributed by atoms with Gasteiger partial charge in [-0.3, -0.25) is 19.8 Å². The molecule has 41 heavy (non-hydrogen) atoms. The number of thiophene rings is 1. The summed E-state index contributed by atoms with van der Waals surface area (Å²) in [5.74, 6) is 0.832. The Kier molecular flexibility index (Phi) is 7.86. The first-order valence-electron chi connectivity index (χ1n) is 13.7. The minimum absolute atomic E-state index is 0.0312. The van der Waals surface area contributed by atoms with Crippen LogP contribution in [-0.4, -0.2) is 47.1 Å². The average molecular weight is 574 g/mol. The van der Waals surface area contributed by atoms with Crippen LogP contribution in [0.2, 0.25) is 0 Å². The van der Waals surface area contributed by atoms with Crippen molar-refractivity contribution in [3.8, 4) is 11.5 Å². The fraction of sp³-hybridized carbons (Fsp3) is 0.355. The van der Waals surface area contributed by atoms with Crippen molar-refractivity contribution < 1.29 is 19.1 Å². The zero-order chi connectivity index (χ0) is 29.3. The van der Waals surface area contributed by atoms with E-state index >= 15 is 0 Å². The van der Waals surface area contributed by atoms with Crippen molar-refractivity contribution in [3.63, 3.8) is 0 Å². The van der Waals surface area contributed by atoms with E-state index in [1.165, 1.54) is 11.3 Å². The van der Waals surface area contributed by atoms with Gasteiger partial charge >= 0.3 is 0 Å². The molecule has 1 unspecified atom stereocenters. The maximum Gasteiger partial charge on any atom is 0.251 e. The summed E-state index contributed by atoms with van der Waals surface area (Å²) in [6.07, 6.45) is 0.956. The molecule has 2 aromatic carbocycles. The molecule has 2 heterocycles. The predicted octanol–water partition coefficient (Wildman–Crippen LogP) is 4.25. The summed E-state index contributed by atoms with van der Waals surface area (Å²) in [7, 11) is 0. The highest BCUT2D eigenvalue weighted by atomic mass is 32.1. The summed E-state index contributed by atoms with van der Waals surface area (Å²) < 4.78 is 5.78. The number of nitrogens with zero attached hydrogens (tertiary/aromatic N) is 1. The molecule has 10 heteroatoms. The normalized spacial score (nSPS) is 23.3. The SMILES string of the molecule is C[C@@H]1C2N(C(=O)CNC(=O)c3ccc(Oc4ccccc4)cc3)[C@H](C(=O)N[C@H](C)c3cc(CC(=N)N)cs3)C[C@@]21C. The Labute approximate surface area is 243 Å². The predicted molar refractivity (Wildman–Crippen MR) is 158 cm³/mol. The molecule has 1 aliphatic heterocycles. The Bertz CT molecular complexity index is 1460. The first-order chi connectivity index (χ1) is 19.6. The second-order valence-electron chi connectivity index (χ2n) is 11.2. The second kappa shape index (κ2) is 11.4. The van der Waals surface area contributed by atoms with E-state index in [1.807, 2.05) is 48.7 Å². The van der Waals surface area contributed by atoms with E-state index in [1.54, 1.807) is 29.2 Å². The maximum atomic E-state index is 13.4. The first kappa shape index (κ1) is 28.4. The maximum absolute atomic E-state index is 13.4. The molecule has 0 bridgehead atoms. The smallest absolute Gasteiger partial charge is 0.251 e. The first-order valence-corrected chi connectivity index (χ1v) is 14.6. The third-order valence-electron chi connectivity index (χ3n) is 8.29. The van der Waals surface area contributed by atoms with Crippen molar-refractivity contribution in [2.24, 2.45) is 17.1 Å². The third-order valence-corrected chi connectivity index (χ3v) is 9.45. The molecule has 1 saturated carbocycles. The highest BCUT2D eigenvalue weighted by Crippen LogP contribution is 2.63. The van der Waals surface area contributed by atoms with Gasteiger partial charge in [0.15, 0.2) is 0 Å². The number of para-hydroxylation sites is 1. The van der Waals surface area contributed by atoms with Gasteiger partial charge in [0.1, 0.15) is 17.5 Å². The molecule has 0 spiro atoms. The number of carbonyl (C=O) groups is 3. The van der Waals surface area contributed by atoms with Gasteiger partial charge in [0.25, 0.3) is 5.91 Å². The molecule has 1 saturated heterocycles. The van der Waals surface area contributed by atoms with E-state index in [4.69, 9.17) is 15.9 Å². The molecule has 2 aliphatic rings. The number of piperidine rings is 1. The Hall–Kier alpha value is -4.18. The van der Waals surface area contributed by atoms with Crippen LogP contribution in [0.15, 0.2) is 66.0 Å². The molecule has 5 atom stereocenters. The van der Waals surface area contributed by atoms with Crippen LogP contribution in [0.3, 0.4) is 0 Å². The van der Waals surface area contributed by atoms with Gasteiger partial charge in [-0.1, -0.05) is 32.0 Å². The van der Waals surface area contributed by atoms with Gasteiger partial charge in [-0.15, -0.1) is 11.3 Å². The lowest BCUT2D eigenvalue weighted by atomic mass is 9.98. The minimum Gasteiger partial charge on any atom is -0.457 e. The molecule has 214 valence electrons. The number of carbonyl (C=O) groups excluding carboxylic acids is 3. The number of benzene rings is 2. The van der Waals surface area contributed by atoms with Crippen molar-refractivity contribution in [1.29, 1.82) is 5.41 Å². The summed E-state index contributed by atoms with van der Waals surface area (Å²) in [6, 6.07) is 17.1. The van der Waals surface area contributed by atoms with Gasteiger partial charge in [0, 0.05) is 22.9 Å². The second-order valence-corrected chi connectivity index (χ2v) is 12.1. The summed E-state index contributed by atoms with van der Waals surface area (Å²) >= 11 is 1.51. The fourth-order valence-corrected chi connectivity index (χ4v) is 6.77. The number of fused-ring (bicyclic) bond motifs is 1. The fourth-order valence-electron chi connectivity index (χ4n) is 5.85. The Balaban J connectivity index is 1.19. The molecule has 1 aliphatic carbocycles. The van der Waals surface area contributed by atoms with Crippen LogP contribution in [-0.2, 0) is 16.0 Å². The number of amidine groups is 1. The van der Waals surface area contributed by atoms with E-state index in [9.17, 15) is 14.4 Å². The zero-order valence-corrected chi connectivity index (χ0v) is 24.2. The average Bonchev–Trinajstić information content (AvgIpc) is 3.27. The highest BCUT2D eigenvalue weighted by Gasteiger charge is 2.69. The molecule has 5 N–H and O–H groups in total. The highest BCUT2D eigenvalue weighted by molar-refractivity contribution is 7.10. The van der Waals surface area contributed by atoms with E-state index in [0.717, 1.165) is 10.4 Å². The van der Waals surface area contributed by atoms with Gasteiger partial charge in [0.05, 0.1) is 18.4 Å². The van der Waals surface area contributed by atoms with Crippen LogP contribution in [0.4, 0.5) is 0 Å². The van der Waals surface area contributed by atoms with Crippen molar-refractivity contribution in [2.75, 3.05) is 6.54 Å². The zero-order valence-electron chi connectivity index (χ0n) is 23.3. The molecular formula is C31H35N5O4S. The monoisotopic (exact) mass is 573 g/mol. The van der Waals surface area contributed by atoms with Gasteiger partial charge in [0.2, 0.25) is 11.8 Å². The molecule has 5 rings (SSSR count). The van der Waals surface area contributed by atoms with E-state index in [0.29, 0.717) is 29.9 Å². The van der Waals surface area contributed by atoms with E-state index < -0.39 is 6.04 Å². The Morgan fingerprint density at radius 3 is 2.51 bits per heavy atom. The van der Waals surface area contributed by atoms with Crippen molar-refractivity contribution in [3.05, 3.63) is 82.0 Å². The van der Waals surface area contributed by atoms with Crippen molar-refractivity contribution >= 4 is 34.9 Å². The topological polar surface area (TPSA) is 138 Å². The number of hydrogen-bond donors (Lipinski definition) is 4. The Morgan fingerprint density at radius 1 is 1.15 bits per heavy atom. The van der Waals surface area contributed by atoms with Crippen LogP contribution < -0.4 is 21.1 Å². The van der Waals surface area contributed by atoms with Gasteiger partial charge in [-0.2, -0.15) is 0 Å². The van der Waals surface area contributed by atoms with Crippen LogP contribution in [0.1, 0.15) is 54.0 Å². The summed E-state index contributed by atoms with van der Waals surface area (Å²) in [6.45, 7) is 5.93. The van der Waals surface area contributed by atoms with Crippen LogP contribution in [0, 0.1) is 16.7 Å². The number of amides is 3. The molecular weight excluding hydrogens is 538 g/mol. The minimum atomic E-state index is -0.598. The molecule has 2 fully saturated rings. The van der Waals surface area contributed by atoms with Crippen LogP contribution in [0.5, 0.6) is 11.5 Å². The van der Waals surface area contributed by atoms with Crippen molar-refractivity contribution in [1.82, 2.24) is 15.5 Å². The molecule has 3 amide bonds.